The number of nitrogens with zero attached hydrogens (tertiary/aromatic N) is 2. The fourth-order valence-corrected chi connectivity index (χ4v) is 5.77. The molecule has 0 bridgehead atoms. The standard InChI is InChI=1S/C25H36N2O4/c1-23(2,3)31-22(29)26-14-13-25(30,24(17-26)11-7-8-12-24)18-27-16-20(15-21(27)28)19-9-5-4-6-10-19/h4-6,9-10,20,30H,7-8,11-18H2,1-3H3/t20-,25+/m0/s1. The van der Waals surface area contributed by atoms with Gasteiger partial charge in [-0.3, -0.25) is 4.79 Å². The highest BCUT2D eigenvalue weighted by atomic mass is 16.6. The number of aliphatic hydroxyl groups is 1. The van der Waals surface area contributed by atoms with Gasteiger partial charge in [-0.15, -0.1) is 0 Å². The molecule has 1 aromatic rings. The quantitative estimate of drug-likeness (QED) is 0.792. The molecule has 2 atom stereocenters. The maximum atomic E-state index is 12.8. The van der Waals surface area contributed by atoms with Crippen LogP contribution in [0.15, 0.2) is 30.3 Å². The molecular formula is C25H36N2O4. The summed E-state index contributed by atoms with van der Waals surface area (Å²) in [5.41, 5.74) is -0.695. The Bertz CT molecular complexity index is 813. The third-order valence-electron chi connectivity index (χ3n) is 7.43. The van der Waals surface area contributed by atoms with Gasteiger partial charge < -0.3 is 19.6 Å². The van der Waals surface area contributed by atoms with Crippen LogP contribution >= 0.6 is 0 Å². The minimum Gasteiger partial charge on any atom is -0.444 e. The molecule has 2 aliphatic heterocycles. The van der Waals surface area contributed by atoms with Crippen molar-refractivity contribution in [3.05, 3.63) is 35.9 Å². The van der Waals surface area contributed by atoms with Crippen LogP contribution in [0, 0.1) is 5.41 Å². The number of hydrogen-bond acceptors (Lipinski definition) is 4. The van der Waals surface area contributed by atoms with E-state index in [0.29, 0.717) is 39.0 Å². The molecule has 6 nitrogen and oxygen atoms in total. The Morgan fingerprint density at radius 3 is 2.48 bits per heavy atom. The van der Waals surface area contributed by atoms with Gasteiger partial charge in [-0.05, 0) is 45.6 Å². The molecule has 1 saturated carbocycles. The van der Waals surface area contributed by atoms with Crippen LogP contribution in [0.5, 0.6) is 0 Å². The third kappa shape index (κ3) is 4.45. The Kier molecular flexibility index (Phi) is 5.80. The van der Waals surface area contributed by atoms with Crippen molar-refractivity contribution in [1.82, 2.24) is 9.80 Å². The van der Waals surface area contributed by atoms with E-state index in [9.17, 15) is 14.7 Å². The average Bonchev–Trinajstić information content (AvgIpc) is 3.32. The Hall–Kier alpha value is -2.08. The van der Waals surface area contributed by atoms with E-state index in [2.05, 4.69) is 12.1 Å². The summed E-state index contributed by atoms with van der Waals surface area (Å²) in [7, 11) is 0. The van der Waals surface area contributed by atoms with Gasteiger partial charge in [0.15, 0.2) is 0 Å². The van der Waals surface area contributed by atoms with Gasteiger partial charge in [0.25, 0.3) is 0 Å². The first-order chi connectivity index (χ1) is 14.6. The van der Waals surface area contributed by atoms with Gasteiger partial charge >= 0.3 is 6.09 Å². The summed E-state index contributed by atoms with van der Waals surface area (Å²) in [5, 5.41) is 11.9. The van der Waals surface area contributed by atoms with E-state index >= 15 is 0 Å². The highest BCUT2D eigenvalue weighted by Gasteiger charge is 2.57. The van der Waals surface area contributed by atoms with Crippen LogP contribution in [0.4, 0.5) is 4.79 Å². The number of likely N-dealkylation sites (tertiary alicyclic amines) is 2. The molecule has 0 aromatic heterocycles. The number of amides is 2. The molecule has 4 rings (SSSR count). The van der Waals surface area contributed by atoms with Gasteiger partial charge in [-0.25, -0.2) is 4.79 Å². The predicted molar refractivity (Wildman–Crippen MR) is 119 cm³/mol. The molecule has 1 N–H and O–H groups in total. The number of hydrogen-bond donors (Lipinski definition) is 1. The Balaban J connectivity index is 1.49. The Labute approximate surface area is 185 Å². The lowest BCUT2D eigenvalue weighted by Gasteiger charge is -2.53. The maximum absolute atomic E-state index is 12.8. The summed E-state index contributed by atoms with van der Waals surface area (Å²) in [4.78, 5) is 29.2. The molecular weight excluding hydrogens is 392 g/mol. The summed E-state index contributed by atoms with van der Waals surface area (Å²) in [6.45, 7) is 7.59. The molecule has 0 unspecified atom stereocenters. The number of carbonyl (C=O) groups is 2. The van der Waals surface area contributed by atoms with Crippen LogP contribution in [0.2, 0.25) is 0 Å². The maximum Gasteiger partial charge on any atom is 0.410 e. The number of piperidine rings is 1. The second kappa shape index (κ2) is 8.12. The highest BCUT2D eigenvalue weighted by molar-refractivity contribution is 5.80. The minimum atomic E-state index is -0.969. The predicted octanol–water partition coefficient (Wildman–Crippen LogP) is 3.93. The second-order valence-electron chi connectivity index (χ2n) is 10.8. The van der Waals surface area contributed by atoms with E-state index in [-0.39, 0.29) is 23.3 Å². The smallest absolute Gasteiger partial charge is 0.410 e. The van der Waals surface area contributed by atoms with Crippen LogP contribution in [0.1, 0.15) is 70.8 Å². The van der Waals surface area contributed by atoms with Crippen LogP contribution in [-0.2, 0) is 9.53 Å². The summed E-state index contributed by atoms with van der Waals surface area (Å²) in [6, 6.07) is 10.2. The summed E-state index contributed by atoms with van der Waals surface area (Å²) >= 11 is 0. The van der Waals surface area contributed by atoms with Crippen molar-refractivity contribution in [2.45, 2.75) is 76.4 Å². The Morgan fingerprint density at radius 1 is 1.16 bits per heavy atom. The molecule has 1 aliphatic carbocycles. The number of benzene rings is 1. The van der Waals surface area contributed by atoms with Gasteiger partial charge in [0.2, 0.25) is 5.91 Å². The monoisotopic (exact) mass is 428 g/mol. The van der Waals surface area contributed by atoms with Crippen molar-refractivity contribution in [3.63, 3.8) is 0 Å². The van der Waals surface area contributed by atoms with E-state index < -0.39 is 11.2 Å². The zero-order valence-electron chi connectivity index (χ0n) is 19.1. The number of β-amino-alcohol motifs (C(OH)–C–C–N with tert-alkyl or cyclic N) is 1. The lowest BCUT2D eigenvalue weighted by Crippen LogP contribution is -2.64. The van der Waals surface area contributed by atoms with Crippen molar-refractivity contribution in [3.8, 4) is 0 Å². The normalized spacial score (nSPS) is 28.4. The van der Waals surface area contributed by atoms with E-state index in [0.717, 1.165) is 25.7 Å². The molecule has 6 heteroatoms. The van der Waals surface area contributed by atoms with E-state index in [1.165, 1.54) is 5.56 Å². The number of ether oxygens (including phenoxy) is 1. The van der Waals surface area contributed by atoms with Crippen LogP contribution in [0.3, 0.4) is 0 Å². The Morgan fingerprint density at radius 2 is 1.84 bits per heavy atom. The zero-order valence-corrected chi connectivity index (χ0v) is 19.1. The lowest BCUT2D eigenvalue weighted by molar-refractivity contribution is -0.154. The van der Waals surface area contributed by atoms with E-state index in [1.807, 2.05) is 43.9 Å². The second-order valence-corrected chi connectivity index (χ2v) is 10.8. The molecule has 1 aromatic carbocycles. The molecule has 3 aliphatic rings. The summed E-state index contributed by atoms with van der Waals surface area (Å²) in [5.74, 6) is 0.295. The van der Waals surface area contributed by atoms with E-state index in [4.69, 9.17) is 4.74 Å². The van der Waals surface area contributed by atoms with Crippen molar-refractivity contribution in [1.29, 1.82) is 0 Å². The first-order valence-electron chi connectivity index (χ1n) is 11.6. The van der Waals surface area contributed by atoms with Crippen LogP contribution in [-0.4, -0.2) is 64.3 Å². The van der Waals surface area contributed by atoms with Crippen molar-refractivity contribution in [2.75, 3.05) is 26.2 Å². The van der Waals surface area contributed by atoms with Gasteiger partial charge in [-0.1, -0.05) is 43.2 Å². The fourth-order valence-electron chi connectivity index (χ4n) is 5.77. The van der Waals surface area contributed by atoms with Gasteiger partial charge in [0, 0.05) is 37.4 Å². The van der Waals surface area contributed by atoms with Crippen molar-refractivity contribution in [2.24, 2.45) is 5.41 Å². The molecule has 2 amide bonds. The molecule has 1 spiro atoms. The fraction of sp³-hybridized carbons (Fsp3) is 0.680. The first kappa shape index (κ1) is 22.1. The largest absolute Gasteiger partial charge is 0.444 e. The van der Waals surface area contributed by atoms with Crippen LogP contribution < -0.4 is 0 Å². The van der Waals surface area contributed by atoms with Crippen molar-refractivity contribution >= 4 is 12.0 Å². The summed E-state index contributed by atoms with van der Waals surface area (Å²) in [6.07, 6.45) is 4.53. The summed E-state index contributed by atoms with van der Waals surface area (Å²) < 4.78 is 5.60. The third-order valence-corrected chi connectivity index (χ3v) is 7.43. The SMILES string of the molecule is CC(C)(C)OC(=O)N1CC[C@@](O)(CN2C[C@@H](c3ccccc3)CC2=O)C2(CCCC2)C1. The van der Waals surface area contributed by atoms with E-state index in [1.54, 1.807) is 4.90 Å². The van der Waals surface area contributed by atoms with Crippen molar-refractivity contribution < 1.29 is 19.4 Å². The first-order valence-corrected chi connectivity index (χ1v) is 11.6. The number of rotatable bonds is 3. The van der Waals surface area contributed by atoms with Crippen LogP contribution in [0.25, 0.3) is 0 Å². The zero-order chi connectivity index (χ0) is 22.3. The molecule has 3 fully saturated rings. The van der Waals surface area contributed by atoms with Gasteiger partial charge in [-0.2, -0.15) is 0 Å². The van der Waals surface area contributed by atoms with Gasteiger partial charge in [0.05, 0.1) is 12.1 Å². The lowest BCUT2D eigenvalue weighted by atomic mass is 9.65. The number of carbonyl (C=O) groups excluding carboxylic acids is 2. The molecule has 170 valence electrons. The molecule has 2 saturated heterocycles. The minimum absolute atomic E-state index is 0.116. The molecule has 0 radical (unpaired) electrons. The topological polar surface area (TPSA) is 70.1 Å². The molecule has 31 heavy (non-hydrogen) atoms. The average molecular weight is 429 g/mol. The highest BCUT2D eigenvalue weighted by Crippen LogP contribution is 2.51. The molecule has 2 heterocycles. The van der Waals surface area contributed by atoms with Gasteiger partial charge in [0.1, 0.15) is 5.60 Å².